The molecule has 2 bridgehead atoms. The van der Waals surface area contributed by atoms with E-state index in [0.29, 0.717) is 29.7 Å². The Balaban J connectivity index is 1.52. The minimum absolute atomic E-state index is 0.0431. The smallest absolute Gasteiger partial charge is 0.329 e. The molecular weight excluding hydrogens is 366 g/mol. The van der Waals surface area contributed by atoms with E-state index in [2.05, 4.69) is 15.2 Å². The van der Waals surface area contributed by atoms with Crippen molar-refractivity contribution < 1.29 is 9.59 Å². The number of nitrogens with one attached hydrogen (secondary N) is 1. The third kappa shape index (κ3) is 3.45. The summed E-state index contributed by atoms with van der Waals surface area (Å²) >= 11 is 0. The van der Waals surface area contributed by atoms with E-state index in [9.17, 15) is 9.59 Å². The molecule has 4 heterocycles. The first-order chi connectivity index (χ1) is 14.1. The summed E-state index contributed by atoms with van der Waals surface area (Å²) in [6.45, 7) is 3.69. The Labute approximate surface area is 170 Å². The number of aromatic nitrogens is 2. The number of carbonyl (C=O) groups is 2. The molecule has 150 valence electrons. The van der Waals surface area contributed by atoms with Crippen LogP contribution in [0.2, 0.25) is 0 Å². The Morgan fingerprint density at radius 3 is 2.86 bits per heavy atom. The lowest BCUT2D eigenvalue weighted by Gasteiger charge is -2.46. The lowest BCUT2D eigenvalue weighted by molar-refractivity contribution is 0.0970. The van der Waals surface area contributed by atoms with Gasteiger partial charge in [0.15, 0.2) is 11.6 Å². The van der Waals surface area contributed by atoms with Crippen LogP contribution in [-0.4, -0.2) is 40.9 Å². The van der Waals surface area contributed by atoms with Crippen LogP contribution in [0.3, 0.4) is 0 Å². The van der Waals surface area contributed by atoms with Crippen molar-refractivity contribution >= 4 is 29.1 Å². The maximum absolute atomic E-state index is 13.2. The third-order valence-electron chi connectivity index (χ3n) is 6.06. The van der Waals surface area contributed by atoms with E-state index in [1.165, 1.54) is 0 Å². The van der Waals surface area contributed by atoms with Crippen LogP contribution in [0.1, 0.15) is 48.2 Å². The molecule has 0 aromatic carbocycles. The first kappa shape index (κ1) is 18.1. The molecule has 1 saturated heterocycles. The van der Waals surface area contributed by atoms with E-state index in [1.54, 1.807) is 17.2 Å². The lowest BCUT2D eigenvalue weighted by Crippen LogP contribution is -2.56. The topological polar surface area (TPSA) is 78.4 Å². The Kier molecular flexibility index (Phi) is 4.45. The van der Waals surface area contributed by atoms with Crippen molar-refractivity contribution in [3.05, 3.63) is 41.7 Å². The molecule has 3 aliphatic rings. The van der Waals surface area contributed by atoms with Gasteiger partial charge in [0.25, 0.3) is 0 Å². The van der Waals surface area contributed by atoms with E-state index in [1.807, 2.05) is 25.1 Å². The van der Waals surface area contributed by atoms with E-state index < -0.39 is 0 Å². The van der Waals surface area contributed by atoms with Crippen molar-refractivity contribution in [3.8, 4) is 0 Å². The molecule has 29 heavy (non-hydrogen) atoms. The minimum atomic E-state index is -0.242. The summed E-state index contributed by atoms with van der Waals surface area (Å²) < 4.78 is 0. The van der Waals surface area contributed by atoms with E-state index in [-0.39, 0.29) is 17.9 Å². The number of fused-ring (bicyclic) bond motifs is 4. The maximum atomic E-state index is 13.2. The van der Waals surface area contributed by atoms with Crippen LogP contribution in [0, 0.1) is 12.8 Å². The first-order valence-corrected chi connectivity index (χ1v) is 10.4. The van der Waals surface area contributed by atoms with Crippen molar-refractivity contribution in [3.63, 3.8) is 0 Å². The fourth-order valence-corrected chi connectivity index (χ4v) is 4.39. The molecule has 5 rings (SSSR count). The number of rotatable bonds is 4. The lowest BCUT2D eigenvalue weighted by atomic mass is 9.98. The van der Waals surface area contributed by atoms with Gasteiger partial charge in [0.05, 0.1) is 11.7 Å². The van der Waals surface area contributed by atoms with Gasteiger partial charge in [0.2, 0.25) is 0 Å². The molecule has 0 spiro atoms. The van der Waals surface area contributed by atoms with Gasteiger partial charge in [-0.3, -0.25) is 15.0 Å². The summed E-state index contributed by atoms with van der Waals surface area (Å²) in [5.74, 6) is 1.70. The number of piperidine rings is 1. The van der Waals surface area contributed by atoms with Crippen molar-refractivity contribution in [1.29, 1.82) is 0 Å². The van der Waals surface area contributed by atoms with Gasteiger partial charge in [-0.1, -0.05) is 6.07 Å². The number of anilines is 3. The second-order valence-electron chi connectivity index (χ2n) is 8.32. The molecule has 0 unspecified atom stereocenters. The zero-order valence-corrected chi connectivity index (χ0v) is 16.6. The number of aryl methyl sites for hydroxylation is 1. The van der Waals surface area contributed by atoms with Crippen LogP contribution in [-0.2, 0) is 0 Å². The molecule has 2 amide bonds. The molecule has 1 aliphatic carbocycles. The summed E-state index contributed by atoms with van der Waals surface area (Å²) in [5.41, 5.74) is 2.34. The van der Waals surface area contributed by atoms with Crippen LogP contribution >= 0.6 is 0 Å². The summed E-state index contributed by atoms with van der Waals surface area (Å²) in [4.78, 5) is 39.0. The van der Waals surface area contributed by atoms with Gasteiger partial charge in [0, 0.05) is 25.7 Å². The zero-order chi connectivity index (χ0) is 20.0. The molecule has 2 aromatic heterocycles. The molecule has 7 nitrogen and oxygen atoms in total. The Hall–Kier alpha value is -2.96. The standard InChI is InChI=1S/C22H25N5O2/c1-14-11-17-21(25-20(14)18(28)12-15-7-8-15)27(16-5-4-10-26(17)13-16)22(29)24-19-6-2-3-9-23-19/h2-3,6,9,11,15-16H,4-5,7-8,10,12-13H2,1H3,(H,23,24,29)/t16-/m0/s1. The molecule has 0 radical (unpaired) electrons. The monoisotopic (exact) mass is 391 g/mol. The quantitative estimate of drug-likeness (QED) is 0.803. The van der Waals surface area contributed by atoms with Gasteiger partial charge in [0.1, 0.15) is 11.5 Å². The highest BCUT2D eigenvalue weighted by molar-refractivity contribution is 6.05. The Morgan fingerprint density at radius 1 is 1.24 bits per heavy atom. The van der Waals surface area contributed by atoms with E-state index in [4.69, 9.17) is 4.98 Å². The summed E-state index contributed by atoms with van der Waals surface area (Å²) in [6.07, 6.45) is 6.41. The second-order valence-corrected chi connectivity index (χ2v) is 8.32. The number of pyridine rings is 2. The Bertz CT molecular complexity index is 957. The predicted molar refractivity (Wildman–Crippen MR) is 112 cm³/mol. The maximum Gasteiger partial charge on any atom is 0.329 e. The van der Waals surface area contributed by atoms with Gasteiger partial charge in [-0.2, -0.15) is 0 Å². The molecule has 2 fully saturated rings. The van der Waals surface area contributed by atoms with E-state index >= 15 is 0 Å². The fraction of sp³-hybridized carbons (Fsp3) is 0.455. The van der Waals surface area contributed by atoms with Crippen LogP contribution < -0.4 is 15.1 Å². The number of hydrogen-bond acceptors (Lipinski definition) is 5. The average Bonchev–Trinajstić information content (AvgIpc) is 3.53. The van der Waals surface area contributed by atoms with Crippen LogP contribution in [0.5, 0.6) is 0 Å². The number of carbonyl (C=O) groups excluding carboxylic acids is 2. The fourth-order valence-electron chi connectivity index (χ4n) is 4.39. The normalized spacial score (nSPS) is 20.2. The number of amides is 2. The SMILES string of the molecule is Cc1cc2c(nc1C(=O)CC1CC1)N(C(=O)Nc1ccccn1)[C@H]1CCCN2C1. The first-order valence-electron chi connectivity index (χ1n) is 10.4. The number of Topliss-reactive ketones (excluding diaryl/α,β-unsaturated/α-hetero) is 1. The highest BCUT2D eigenvalue weighted by Crippen LogP contribution is 2.40. The molecule has 2 aliphatic heterocycles. The van der Waals surface area contributed by atoms with Gasteiger partial charge >= 0.3 is 6.03 Å². The molecule has 2 aromatic rings. The highest BCUT2D eigenvalue weighted by atomic mass is 16.2. The second kappa shape index (κ2) is 7.13. The minimum Gasteiger partial charge on any atom is -0.366 e. The molecule has 1 atom stereocenters. The van der Waals surface area contributed by atoms with Gasteiger partial charge in [-0.05, 0) is 62.3 Å². The predicted octanol–water partition coefficient (Wildman–Crippen LogP) is 3.79. The molecule has 1 N–H and O–H groups in total. The van der Waals surface area contributed by atoms with Crippen molar-refractivity contribution in [1.82, 2.24) is 9.97 Å². The highest BCUT2D eigenvalue weighted by Gasteiger charge is 2.39. The largest absolute Gasteiger partial charge is 0.366 e. The van der Waals surface area contributed by atoms with Gasteiger partial charge < -0.3 is 4.90 Å². The van der Waals surface area contributed by atoms with Crippen molar-refractivity contribution in [2.75, 3.05) is 28.2 Å². The molecular formula is C22H25N5O2. The van der Waals surface area contributed by atoms with Gasteiger partial charge in [-0.25, -0.2) is 14.8 Å². The van der Waals surface area contributed by atoms with Crippen molar-refractivity contribution in [2.24, 2.45) is 5.92 Å². The average molecular weight is 391 g/mol. The van der Waals surface area contributed by atoms with Crippen molar-refractivity contribution in [2.45, 2.75) is 45.1 Å². The number of urea groups is 1. The van der Waals surface area contributed by atoms with E-state index in [0.717, 1.165) is 50.0 Å². The Morgan fingerprint density at radius 2 is 2.10 bits per heavy atom. The third-order valence-corrected chi connectivity index (χ3v) is 6.06. The molecule has 7 heteroatoms. The number of hydrogen-bond donors (Lipinski definition) is 1. The van der Waals surface area contributed by atoms with Crippen LogP contribution in [0.25, 0.3) is 0 Å². The summed E-state index contributed by atoms with van der Waals surface area (Å²) in [5, 5.41) is 2.89. The number of nitrogens with zero attached hydrogens (tertiary/aromatic N) is 4. The molecule has 1 saturated carbocycles. The summed E-state index contributed by atoms with van der Waals surface area (Å²) in [6, 6.07) is 7.25. The zero-order valence-electron chi connectivity index (χ0n) is 16.6. The van der Waals surface area contributed by atoms with Crippen LogP contribution in [0.4, 0.5) is 22.1 Å². The summed E-state index contributed by atoms with van der Waals surface area (Å²) in [7, 11) is 0. The number of ketones is 1. The van der Waals surface area contributed by atoms with Crippen LogP contribution in [0.15, 0.2) is 30.5 Å². The van der Waals surface area contributed by atoms with Gasteiger partial charge in [-0.15, -0.1) is 0 Å².